The maximum absolute atomic E-state index is 12.0. The Morgan fingerprint density at radius 2 is 1.54 bits per heavy atom. The summed E-state index contributed by atoms with van der Waals surface area (Å²) >= 11 is 0. The fraction of sp³-hybridized carbons (Fsp3) is 0.381. The standard InChI is InChI=1S/C21H23NO2/c1-2-24-21(23)15-11-13-22(14-12-15)20-18-9-5-3-7-16(18)17-8-4-6-10-19(17)20/h3-10,15,20H,2,11-14H2,1H3/p+1. The van der Waals surface area contributed by atoms with Crippen molar-refractivity contribution in [3.05, 3.63) is 59.7 Å². The van der Waals surface area contributed by atoms with Gasteiger partial charge in [-0.25, -0.2) is 0 Å². The Kier molecular flexibility index (Phi) is 4.11. The first-order valence-corrected chi connectivity index (χ1v) is 8.99. The number of hydrogen-bond acceptors (Lipinski definition) is 2. The zero-order valence-corrected chi connectivity index (χ0v) is 14.1. The average Bonchev–Trinajstić information content (AvgIpc) is 2.97. The highest BCUT2D eigenvalue weighted by molar-refractivity contribution is 5.77. The van der Waals surface area contributed by atoms with Crippen LogP contribution >= 0.6 is 0 Å². The van der Waals surface area contributed by atoms with E-state index >= 15 is 0 Å². The van der Waals surface area contributed by atoms with E-state index in [0.29, 0.717) is 12.6 Å². The van der Waals surface area contributed by atoms with E-state index in [0.717, 1.165) is 25.9 Å². The zero-order valence-electron chi connectivity index (χ0n) is 14.1. The predicted molar refractivity (Wildman–Crippen MR) is 93.8 cm³/mol. The number of ether oxygens (including phenoxy) is 1. The molecule has 2 aromatic rings. The zero-order chi connectivity index (χ0) is 16.5. The van der Waals surface area contributed by atoms with E-state index in [4.69, 9.17) is 4.74 Å². The van der Waals surface area contributed by atoms with Gasteiger partial charge in [-0.05, 0) is 18.1 Å². The van der Waals surface area contributed by atoms with Gasteiger partial charge < -0.3 is 9.64 Å². The highest BCUT2D eigenvalue weighted by atomic mass is 16.5. The summed E-state index contributed by atoms with van der Waals surface area (Å²) in [4.78, 5) is 13.6. The lowest BCUT2D eigenvalue weighted by Gasteiger charge is -2.33. The predicted octanol–water partition coefficient (Wildman–Crippen LogP) is 2.61. The molecule has 4 rings (SSSR count). The summed E-state index contributed by atoms with van der Waals surface area (Å²) in [6, 6.07) is 17.9. The van der Waals surface area contributed by atoms with E-state index in [1.807, 2.05) is 6.92 Å². The van der Waals surface area contributed by atoms with Gasteiger partial charge in [-0.1, -0.05) is 48.5 Å². The summed E-state index contributed by atoms with van der Waals surface area (Å²) in [7, 11) is 0. The molecule has 3 nitrogen and oxygen atoms in total. The monoisotopic (exact) mass is 322 g/mol. The van der Waals surface area contributed by atoms with Gasteiger partial charge in [0.15, 0.2) is 0 Å². The van der Waals surface area contributed by atoms with Crippen molar-refractivity contribution in [3.63, 3.8) is 0 Å². The van der Waals surface area contributed by atoms with Crippen LogP contribution in [0.4, 0.5) is 0 Å². The fourth-order valence-corrected chi connectivity index (χ4v) is 4.37. The Balaban J connectivity index is 1.58. The van der Waals surface area contributed by atoms with Crippen LogP contribution in [0.5, 0.6) is 0 Å². The third-order valence-corrected chi connectivity index (χ3v) is 5.49. The summed E-state index contributed by atoms with van der Waals surface area (Å²) in [5.41, 5.74) is 5.61. The molecular weight excluding hydrogens is 298 g/mol. The van der Waals surface area contributed by atoms with Gasteiger partial charge in [-0.2, -0.15) is 0 Å². The van der Waals surface area contributed by atoms with Crippen molar-refractivity contribution in [2.24, 2.45) is 5.92 Å². The Labute approximate surface area is 143 Å². The van der Waals surface area contributed by atoms with Gasteiger partial charge in [0.2, 0.25) is 0 Å². The molecule has 3 heteroatoms. The number of rotatable bonds is 3. The van der Waals surface area contributed by atoms with Crippen LogP contribution in [-0.4, -0.2) is 25.7 Å². The summed E-state index contributed by atoms with van der Waals surface area (Å²) in [6.45, 7) is 4.41. The Morgan fingerprint density at radius 1 is 1.00 bits per heavy atom. The molecule has 0 spiro atoms. The van der Waals surface area contributed by atoms with Crippen molar-refractivity contribution >= 4 is 5.97 Å². The van der Waals surface area contributed by atoms with Crippen LogP contribution < -0.4 is 4.90 Å². The average molecular weight is 322 g/mol. The lowest BCUT2D eigenvalue weighted by Crippen LogP contribution is -3.13. The number of piperidine rings is 1. The van der Waals surface area contributed by atoms with E-state index in [1.54, 1.807) is 4.90 Å². The molecule has 0 bridgehead atoms. The number of likely N-dealkylation sites (tertiary alicyclic amines) is 1. The second-order valence-corrected chi connectivity index (χ2v) is 6.79. The lowest BCUT2D eigenvalue weighted by atomic mass is 9.93. The molecular formula is C21H24NO2+. The number of carbonyl (C=O) groups is 1. The minimum absolute atomic E-state index is 0.0104. The van der Waals surface area contributed by atoms with E-state index in [2.05, 4.69) is 48.5 Å². The smallest absolute Gasteiger partial charge is 0.309 e. The molecule has 1 saturated heterocycles. The van der Waals surface area contributed by atoms with Crippen molar-refractivity contribution < 1.29 is 14.4 Å². The molecule has 1 heterocycles. The van der Waals surface area contributed by atoms with Gasteiger partial charge in [0, 0.05) is 24.0 Å². The number of carbonyl (C=O) groups excluding carboxylic acids is 1. The summed E-state index contributed by atoms with van der Waals surface area (Å²) in [5.74, 6) is 0.0735. The van der Waals surface area contributed by atoms with Crippen molar-refractivity contribution in [1.29, 1.82) is 0 Å². The Hall–Kier alpha value is -2.13. The number of quaternary nitrogens is 1. The van der Waals surface area contributed by atoms with Crippen LogP contribution in [0.3, 0.4) is 0 Å². The van der Waals surface area contributed by atoms with Gasteiger partial charge in [0.25, 0.3) is 0 Å². The van der Waals surface area contributed by atoms with Crippen LogP contribution in [0.1, 0.15) is 36.9 Å². The van der Waals surface area contributed by atoms with Gasteiger partial charge in [0.1, 0.15) is 6.04 Å². The molecule has 1 aliphatic carbocycles. The van der Waals surface area contributed by atoms with Crippen LogP contribution in [0, 0.1) is 5.92 Å². The highest BCUT2D eigenvalue weighted by Gasteiger charge is 2.39. The normalized spacial score (nSPS) is 22.7. The molecule has 1 fully saturated rings. The second-order valence-electron chi connectivity index (χ2n) is 6.79. The number of fused-ring (bicyclic) bond motifs is 3. The Morgan fingerprint density at radius 3 is 2.08 bits per heavy atom. The third-order valence-electron chi connectivity index (χ3n) is 5.49. The van der Waals surface area contributed by atoms with E-state index in [9.17, 15) is 4.79 Å². The minimum atomic E-state index is -0.0104. The topological polar surface area (TPSA) is 30.7 Å². The molecule has 1 aliphatic heterocycles. The second kappa shape index (κ2) is 6.40. The third kappa shape index (κ3) is 2.53. The van der Waals surface area contributed by atoms with Gasteiger partial charge in [0.05, 0.1) is 25.6 Å². The lowest BCUT2D eigenvalue weighted by molar-refractivity contribution is -0.930. The molecule has 124 valence electrons. The van der Waals surface area contributed by atoms with Crippen LogP contribution in [-0.2, 0) is 9.53 Å². The van der Waals surface area contributed by atoms with E-state index in [1.165, 1.54) is 22.3 Å². The van der Waals surface area contributed by atoms with Gasteiger partial charge in [-0.3, -0.25) is 4.79 Å². The maximum Gasteiger partial charge on any atom is 0.309 e. The highest BCUT2D eigenvalue weighted by Crippen LogP contribution is 2.41. The van der Waals surface area contributed by atoms with Crippen LogP contribution in [0.25, 0.3) is 11.1 Å². The molecule has 0 amide bonds. The summed E-state index contributed by atoms with van der Waals surface area (Å²) in [5, 5.41) is 0. The minimum Gasteiger partial charge on any atom is -0.466 e. The van der Waals surface area contributed by atoms with Crippen LogP contribution in [0.2, 0.25) is 0 Å². The molecule has 0 atom stereocenters. The first-order valence-electron chi connectivity index (χ1n) is 8.99. The largest absolute Gasteiger partial charge is 0.466 e. The van der Waals surface area contributed by atoms with Crippen molar-refractivity contribution in [2.45, 2.75) is 25.8 Å². The molecule has 0 radical (unpaired) electrons. The SMILES string of the molecule is CCOC(=O)C1CC[NH+](C2c3ccccc3-c3ccccc32)CC1. The quantitative estimate of drug-likeness (QED) is 0.881. The molecule has 0 aromatic heterocycles. The fourth-order valence-electron chi connectivity index (χ4n) is 4.37. The molecule has 0 saturated carbocycles. The molecule has 24 heavy (non-hydrogen) atoms. The number of hydrogen-bond donors (Lipinski definition) is 1. The summed E-state index contributed by atoms with van der Waals surface area (Å²) in [6.07, 6.45) is 1.85. The van der Waals surface area contributed by atoms with E-state index < -0.39 is 0 Å². The van der Waals surface area contributed by atoms with Crippen molar-refractivity contribution in [3.8, 4) is 11.1 Å². The molecule has 1 N–H and O–H groups in total. The molecule has 2 aromatic carbocycles. The first-order chi connectivity index (χ1) is 11.8. The maximum atomic E-state index is 12.0. The van der Waals surface area contributed by atoms with Crippen LogP contribution in [0.15, 0.2) is 48.5 Å². The Bertz CT molecular complexity index is 702. The van der Waals surface area contributed by atoms with Gasteiger partial charge in [-0.15, -0.1) is 0 Å². The number of nitrogens with one attached hydrogen (secondary N) is 1. The molecule has 0 unspecified atom stereocenters. The molecule has 2 aliphatic rings. The summed E-state index contributed by atoms with van der Waals surface area (Å²) < 4.78 is 5.21. The first kappa shape index (κ1) is 15.4. The van der Waals surface area contributed by atoms with Crippen molar-refractivity contribution in [1.82, 2.24) is 0 Å². The number of esters is 1. The van der Waals surface area contributed by atoms with E-state index in [-0.39, 0.29) is 11.9 Å². The van der Waals surface area contributed by atoms with Gasteiger partial charge >= 0.3 is 5.97 Å². The van der Waals surface area contributed by atoms with Crippen molar-refractivity contribution in [2.75, 3.05) is 19.7 Å². The number of benzene rings is 2.